The Morgan fingerprint density at radius 1 is 1.08 bits per heavy atom. The number of piperidine rings is 1. The number of carbonyl (C=O) groups is 2. The lowest BCUT2D eigenvalue weighted by Crippen LogP contribution is -2.44. The molecule has 4 unspecified atom stereocenters. The van der Waals surface area contributed by atoms with Gasteiger partial charge in [-0.2, -0.15) is 0 Å². The summed E-state index contributed by atoms with van der Waals surface area (Å²) in [4.78, 5) is 38.3. The molecular formula is C29H46N2O4Si. The van der Waals surface area contributed by atoms with Gasteiger partial charge >= 0.3 is 6.09 Å². The van der Waals surface area contributed by atoms with Gasteiger partial charge in [0, 0.05) is 25.6 Å². The van der Waals surface area contributed by atoms with Gasteiger partial charge in [-0.15, -0.1) is 0 Å². The summed E-state index contributed by atoms with van der Waals surface area (Å²) in [6.07, 6.45) is 7.11. The van der Waals surface area contributed by atoms with Crippen LogP contribution in [0, 0.1) is 17.8 Å². The predicted molar refractivity (Wildman–Crippen MR) is 145 cm³/mol. The second kappa shape index (κ2) is 10.9. The summed E-state index contributed by atoms with van der Waals surface area (Å²) in [5.74, 6) is 2.18. The highest BCUT2D eigenvalue weighted by Gasteiger charge is 2.47. The van der Waals surface area contributed by atoms with E-state index in [1.54, 1.807) is 0 Å². The standard InChI is InChI=1S/C29H46N2O4Si/c1-29(2,3)35-28(33)30-19-20-7-6-8-22(17-20)21-13-15-31(16-14-21)27(32)26-11-9-23-18-24(36(4,5)34)10-12-25(23)26/h6-8,17,21,23-26,34H,9-16,18-19H2,1-5H3,(H,30,33). The van der Waals surface area contributed by atoms with Gasteiger partial charge in [0.15, 0.2) is 8.32 Å². The number of ether oxygens (including phenoxy) is 1. The Morgan fingerprint density at radius 3 is 2.47 bits per heavy atom. The fourth-order valence-electron chi connectivity index (χ4n) is 6.82. The van der Waals surface area contributed by atoms with Crippen LogP contribution in [0.3, 0.4) is 0 Å². The molecule has 0 bridgehead atoms. The van der Waals surface area contributed by atoms with Gasteiger partial charge in [0.2, 0.25) is 5.91 Å². The summed E-state index contributed by atoms with van der Waals surface area (Å²) in [6, 6.07) is 8.45. The van der Waals surface area contributed by atoms with Crippen molar-refractivity contribution in [3.8, 4) is 0 Å². The van der Waals surface area contributed by atoms with Gasteiger partial charge in [0.25, 0.3) is 0 Å². The maximum absolute atomic E-state index is 13.5. The minimum Gasteiger partial charge on any atom is -0.444 e. The number of alkyl carbamates (subject to hydrolysis) is 1. The topological polar surface area (TPSA) is 78.9 Å². The molecule has 1 saturated heterocycles. The number of nitrogens with zero attached hydrogens (tertiary/aromatic N) is 1. The fourth-order valence-corrected chi connectivity index (χ4v) is 8.57. The molecule has 1 aromatic carbocycles. The number of carbonyl (C=O) groups excluding carboxylic acids is 2. The molecule has 1 heterocycles. The summed E-state index contributed by atoms with van der Waals surface area (Å²) >= 11 is 0. The largest absolute Gasteiger partial charge is 0.444 e. The third-order valence-electron chi connectivity index (χ3n) is 8.79. The van der Waals surface area contributed by atoms with E-state index in [2.05, 4.69) is 41.5 Å². The molecule has 1 aliphatic heterocycles. The number of amides is 2. The summed E-state index contributed by atoms with van der Waals surface area (Å²) in [5.41, 5.74) is 2.35. The molecule has 6 nitrogen and oxygen atoms in total. The molecule has 0 aromatic heterocycles. The minimum atomic E-state index is -2.08. The minimum absolute atomic E-state index is 0.193. The van der Waals surface area contributed by atoms with Crippen molar-refractivity contribution in [3.05, 3.63) is 35.4 Å². The van der Waals surface area contributed by atoms with Gasteiger partial charge in [0.1, 0.15) is 5.60 Å². The highest BCUT2D eigenvalue weighted by Crippen LogP contribution is 2.52. The molecule has 7 heteroatoms. The molecule has 36 heavy (non-hydrogen) atoms. The Labute approximate surface area is 218 Å². The molecule has 0 radical (unpaired) electrons. The van der Waals surface area contributed by atoms with Crippen LogP contribution in [0.1, 0.15) is 82.8 Å². The summed E-state index contributed by atoms with van der Waals surface area (Å²) < 4.78 is 5.34. The first-order chi connectivity index (χ1) is 16.9. The van der Waals surface area contributed by atoms with E-state index in [9.17, 15) is 14.4 Å². The van der Waals surface area contributed by atoms with Crippen LogP contribution in [0.2, 0.25) is 18.6 Å². The lowest BCUT2D eigenvalue weighted by atomic mass is 9.77. The van der Waals surface area contributed by atoms with E-state index in [1.807, 2.05) is 26.8 Å². The Balaban J connectivity index is 1.27. The van der Waals surface area contributed by atoms with Crippen molar-refractivity contribution in [2.75, 3.05) is 13.1 Å². The van der Waals surface area contributed by atoms with Crippen molar-refractivity contribution in [1.29, 1.82) is 0 Å². The fraction of sp³-hybridized carbons (Fsp3) is 0.724. The van der Waals surface area contributed by atoms with Crippen LogP contribution in [-0.4, -0.2) is 48.7 Å². The van der Waals surface area contributed by atoms with Gasteiger partial charge in [-0.1, -0.05) is 30.7 Å². The Bertz CT molecular complexity index is 930. The number of rotatable bonds is 5. The Hall–Kier alpha value is -1.86. The van der Waals surface area contributed by atoms with Crippen LogP contribution in [0.25, 0.3) is 0 Å². The first-order valence-electron chi connectivity index (χ1n) is 14.0. The van der Waals surface area contributed by atoms with E-state index >= 15 is 0 Å². The van der Waals surface area contributed by atoms with Crippen molar-refractivity contribution >= 4 is 20.3 Å². The number of fused-ring (bicyclic) bond motifs is 1. The first kappa shape index (κ1) is 27.2. The average Bonchev–Trinajstić information content (AvgIpc) is 3.24. The number of likely N-dealkylation sites (tertiary alicyclic amines) is 1. The zero-order valence-corrected chi connectivity index (χ0v) is 23.9. The van der Waals surface area contributed by atoms with Crippen LogP contribution in [-0.2, 0) is 16.1 Å². The van der Waals surface area contributed by atoms with Crippen LogP contribution in [0.4, 0.5) is 4.79 Å². The average molecular weight is 515 g/mol. The molecule has 200 valence electrons. The summed E-state index contributed by atoms with van der Waals surface area (Å²) in [6.45, 7) is 11.8. The molecule has 3 aliphatic rings. The van der Waals surface area contributed by atoms with Gasteiger partial charge < -0.3 is 19.7 Å². The maximum atomic E-state index is 13.5. The van der Waals surface area contributed by atoms with Crippen LogP contribution in [0.15, 0.2) is 24.3 Å². The lowest BCUT2D eigenvalue weighted by molar-refractivity contribution is -0.138. The van der Waals surface area contributed by atoms with E-state index in [-0.39, 0.29) is 5.92 Å². The Kier molecular flexibility index (Phi) is 8.20. The van der Waals surface area contributed by atoms with Crippen molar-refractivity contribution in [2.45, 2.75) is 102 Å². The number of benzene rings is 1. The van der Waals surface area contributed by atoms with Crippen molar-refractivity contribution in [3.63, 3.8) is 0 Å². The molecule has 1 aromatic rings. The zero-order chi connectivity index (χ0) is 26.1. The van der Waals surface area contributed by atoms with Crippen LogP contribution in [0.5, 0.6) is 0 Å². The highest BCUT2D eigenvalue weighted by molar-refractivity contribution is 6.71. The molecule has 4 rings (SSSR count). The summed E-state index contributed by atoms with van der Waals surface area (Å²) in [5, 5.41) is 2.85. The monoisotopic (exact) mass is 514 g/mol. The van der Waals surface area contributed by atoms with Gasteiger partial charge in [-0.3, -0.25) is 4.79 Å². The lowest BCUT2D eigenvalue weighted by Gasteiger charge is -2.40. The predicted octanol–water partition coefficient (Wildman–Crippen LogP) is 5.81. The quantitative estimate of drug-likeness (QED) is 0.486. The first-order valence-corrected chi connectivity index (χ1v) is 17.0. The molecule has 2 aliphatic carbocycles. The molecule has 2 N–H and O–H groups in total. The van der Waals surface area contributed by atoms with Crippen molar-refractivity contribution < 1.29 is 19.1 Å². The smallest absolute Gasteiger partial charge is 0.407 e. The zero-order valence-electron chi connectivity index (χ0n) is 22.9. The SMILES string of the molecule is CC(C)(C)OC(=O)NCc1cccc(C2CCN(C(=O)C3CCC4CC([Si](C)(C)O)CCC43)CC2)c1. The highest BCUT2D eigenvalue weighted by atomic mass is 28.4. The molecule has 2 amide bonds. The number of nitrogens with one attached hydrogen (secondary N) is 1. The van der Waals surface area contributed by atoms with Gasteiger partial charge in [-0.05, 0) is 107 Å². The normalized spacial score (nSPS) is 27.4. The van der Waals surface area contributed by atoms with E-state index < -0.39 is 20.0 Å². The second-order valence-corrected chi connectivity index (χ2v) is 17.1. The number of hydrogen-bond acceptors (Lipinski definition) is 4. The summed E-state index contributed by atoms with van der Waals surface area (Å²) in [7, 11) is -2.08. The molecule has 0 spiro atoms. The molecule has 3 fully saturated rings. The third-order valence-corrected chi connectivity index (χ3v) is 11.3. The molecule has 2 saturated carbocycles. The van der Waals surface area contributed by atoms with E-state index in [4.69, 9.17) is 4.74 Å². The van der Waals surface area contributed by atoms with Crippen LogP contribution >= 0.6 is 0 Å². The molecule has 4 atom stereocenters. The van der Waals surface area contributed by atoms with Crippen LogP contribution < -0.4 is 5.32 Å². The van der Waals surface area contributed by atoms with E-state index in [1.165, 1.54) is 5.56 Å². The second-order valence-electron chi connectivity index (χ2n) is 13.0. The maximum Gasteiger partial charge on any atom is 0.407 e. The van der Waals surface area contributed by atoms with Crippen molar-refractivity contribution in [2.24, 2.45) is 17.8 Å². The van der Waals surface area contributed by atoms with Gasteiger partial charge in [0.05, 0.1) is 0 Å². The van der Waals surface area contributed by atoms with Crippen molar-refractivity contribution in [1.82, 2.24) is 10.2 Å². The third kappa shape index (κ3) is 6.71. The molecular weight excluding hydrogens is 468 g/mol. The van der Waals surface area contributed by atoms with Gasteiger partial charge in [-0.25, -0.2) is 4.79 Å². The van der Waals surface area contributed by atoms with E-state index in [0.717, 1.165) is 63.6 Å². The van der Waals surface area contributed by atoms with E-state index in [0.29, 0.717) is 35.7 Å². The number of hydrogen-bond donors (Lipinski definition) is 2. The Morgan fingerprint density at radius 2 is 1.81 bits per heavy atom.